The van der Waals surface area contributed by atoms with Crippen molar-refractivity contribution in [3.63, 3.8) is 0 Å². The third-order valence-electron chi connectivity index (χ3n) is 5.66. The number of benzene rings is 1. The van der Waals surface area contributed by atoms with Gasteiger partial charge in [0.2, 0.25) is 10.0 Å². The van der Waals surface area contributed by atoms with E-state index in [1.165, 1.54) is 15.2 Å². The Labute approximate surface area is 191 Å². The summed E-state index contributed by atoms with van der Waals surface area (Å²) in [5, 5.41) is 2.43. The number of rotatable bonds is 5. The van der Waals surface area contributed by atoms with Crippen molar-refractivity contribution in [3.8, 4) is 0 Å². The van der Waals surface area contributed by atoms with Crippen LogP contribution < -0.4 is 0 Å². The predicted molar refractivity (Wildman–Crippen MR) is 123 cm³/mol. The van der Waals surface area contributed by atoms with Gasteiger partial charge in [-0.15, -0.1) is 11.3 Å². The van der Waals surface area contributed by atoms with Gasteiger partial charge in [-0.2, -0.15) is 4.31 Å². The first kappa shape index (κ1) is 22.1. The fraction of sp³-hybridized carbons (Fsp3) is 0.318. The summed E-state index contributed by atoms with van der Waals surface area (Å²) in [6.07, 6.45) is 0. The zero-order valence-electron chi connectivity index (χ0n) is 17.4. The van der Waals surface area contributed by atoms with Gasteiger partial charge in [0.25, 0.3) is 5.91 Å². The minimum atomic E-state index is -3.63. The van der Waals surface area contributed by atoms with E-state index in [0.717, 1.165) is 17.9 Å². The number of aryl methyl sites for hydroxylation is 1. The van der Waals surface area contributed by atoms with Crippen molar-refractivity contribution < 1.29 is 13.2 Å². The maximum atomic E-state index is 13.2. The number of halogens is 1. The maximum absolute atomic E-state index is 13.2. The third kappa shape index (κ3) is 4.43. The van der Waals surface area contributed by atoms with Crippen LogP contribution in [0.1, 0.15) is 26.6 Å². The molecule has 0 bridgehead atoms. The highest BCUT2D eigenvalue weighted by Gasteiger charge is 2.31. The number of sulfonamides is 1. The number of amides is 1. The van der Waals surface area contributed by atoms with Crippen molar-refractivity contribution in [2.75, 3.05) is 26.2 Å². The summed E-state index contributed by atoms with van der Waals surface area (Å²) in [5.74, 6) is -0.0506. The van der Waals surface area contributed by atoms with Crippen LogP contribution in [0, 0.1) is 13.8 Å². The fourth-order valence-corrected chi connectivity index (χ4v) is 6.31. The summed E-state index contributed by atoms with van der Waals surface area (Å²) in [4.78, 5) is 16.3. The molecular formula is C22H24ClN3O3S2. The molecule has 2 aromatic heterocycles. The van der Waals surface area contributed by atoms with Crippen LogP contribution in [0.3, 0.4) is 0 Å². The Morgan fingerprint density at radius 2 is 1.81 bits per heavy atom. The number of hydrogen-bond donors (Lipinski definition) is 0. The van der Waals surface area contributed by atoms with Crippen LogP contribution in [0.4, 0.5) is 0 Å². The Bertz CT molecular complexity index is 1190. The standard InChI is InChI=1S/C22H24ClN3O3S2/c1-16-13-21(17(2)26(16)15-19-6-4-12-30-19)22(27)24-8-10-25(11-9-24)31(28,29)20-7-3-5-18(23)14-20/h3-7,12-14H,8-11,15H2,1-2H3. The lowest BCUT2D eigenvalue weighted by Gasteiger charge is -2.34. The molecule has 0 saturated carbocycles. The van der Waals surface area contributed by atoms with Crippen molar-refractivity contribution in [2.45, 2.75) is 25.3 Å². The third-order valence-corrected chi connectivity index (χ3v) is 8.65. The van der Waals surface area contributed by atoms with Crippen molar-refractivity contribution >= 4 is 38.9 Å². The molecule has 0 N–H and O–H groups in total. The number of thiophene rings is 1. The highest BCUT2D eigenvalue weighted by molar-refractivity contribution is 7.89. The molecule has 9 heteroatoms. The van der Waals surface area contributed by atoms with Gasteiger partial charge in [0.15, 0.2) is 0 Å². The van der Waals surface area contributed by atoms with E-state index in [1.807, 2.05) is 31.4 Å². The van der Waals surface area contributed by atoms with Gasteiger partial charge in [-0.05, 0) is 49.6 Å². The lowest BCUT2D eigenvalue weighted by atomic mass is 10.2. The Balaban J connectivity index is 1.46. The van der Waals surface area contributed by atoms with Gasteiger partial charge in [-0.25, -0.2) is 8.42 Å². The number of nitrogens with zero attached hydrogens (tertiary/aromatic N) is 3. The van der Waals surface area contributed by atoms with E-state index >= 15 is 0 Å². The molecule has 1 aliphatic heterocycles. The van der Waals surface area contributed by atoms with E-state index in [2.05, 4.69) is 10.6 Å². The van der Waals surface area contributed by atoms with Crippen LogP contribution in [0.15, 0.2) is 52.7 Å². The summed E-state index contributed by atoms with van der Waals surface area (Å²) in [7, 11) is -3.63. The molecule has 3 aromatic rings. The predicted octanol–water partition coefficient (Wildman–Crippen LogP) is 4.01. The van der Waals surface area contributed by atoms with E-state index < -0.39 is 10.0 Å². The molecule has 4 rings (SSSR count). The molecule has 1 aliphatic rings. The average molecular weight is 478 g/mol. The Hall–Kier alpha value is -2.13. The first-order chi connectivity index (χ1) is 14.8. The van der Waals surface area contributed by atoms with Gasteiger partial charge in [0, 0.05) is 47.5 Å². The smallest absolute Gasteiger partial charge is 0.255 e. The van der Waals surface area contributed by atoms with Crippen molar-refractivity contribution in [1.29, 1.82) is 0 Å². The largest absolute Gasteiger partial charge is 0.343 e. The van der Waals surface area contributed by atoms with Crippen LogP contribution in [-0.2, 0) is 16.6 Å². The molecule has 6 nitrogen and oxygen atoms in total. The number of hydrogen-bond acceptors (Lipinski definition) is 4. The second-order valence-corrected chi connectivity index (χ2v) is 11.0. The van der Waals surface area contributed by atoms with Crippen LogP contribution in [0.2, 0.25) is 5.02 Å². The van der Waals surface area contributed by atoms with Crippen molar-refractivity contribution in [1.82, 2.24) is 13.8 Å². The number of carbonyl (C=O) groups is 1. The summed E-state index contributed by atoms with van der Waals surface area (Å²) < 4.78 is 29.4. The summed E-state index contributed by atoms with van der Waals surface area (Å²) in [6, 6.07) is 12.3. The Morgan fingerprint density at radius 3 is 2.45 bits per heavy atom. The van der Waals surface area contributed by atoms with E-state index in [1.54, 1.807) is 34.4 Å². The minimum Gasteiger partial charge on any atom is -0.343 e. The monoisotopic (exact) mass is 477 g/mol. The zero-order chi connectivity index (χ0) is 22.2. The molecule has 0 spiro atoms. The molecule has 0 atom stereocenters. The van der Waals surface area contributed by atoms with Crippen LogP contribution >= 0.6 is 22.9 Å². The highest BCUT2D eigenvalue weighted by atomic mass is 35.5. The number of aromatic nitrogens is 1. The zero-order valence-corrected chi connectivity index (χ0v) is 19.8. The molecule has 0 unspecified atom stereocenters. The molecule has 1 aromatic carbocycles. The summed E-state index contributed by atoms with van der Waals surface area (Å²) in [5.41, 5.74) is 2.65. The maximum Gasteiger partial charge on any atom is 0.255 e. The molecule has 0 radical (unpaired) electrons. The SMILES string of the molecule is Cc1cc(C(=O)N2CCN(S(=O)(=O)c3cccc(Cl)c3)CC2)c(C)n1Cc1cccs1. The Morgan fingerprint density at radius 1 is 1.06 bits per heavy atom. The van der Waals surface area contributed by atoms with Crippen molar-refractivity contribution in [2.24, 2.45) is 0 Å². The van der Waals surface area contributed by atoms with E-state index in [4.69, 9.17) is 11.6 Å². The molecule has 31 heavy (non-hydrogen) atoms. The van der Waals surface area contributed by atoms with E-state index in [0.29, 0.717) is 23.7 Å². The second kappa shape index (κ2) is 8.78. The lowest BCUT2D eigenvalue weighted by Crippen LogP contribution is -2.50. The van der Waals surface area contributed by atoms with E-state index in [9.17, 15) is 13.2 Å². The van der Waals surface area contributed by atoms with Gasteiger partial charge >= 0.3 is 0 Å². The van der Waals surface area contributed by atoms with Crippen molar-refractivity contribution in [3.05, 3.63) is 74.7 Å². The molecule has 3 heterocycles. The van der Waals surface area contributed by atoms with Gasteiger partial charge < -0.3 is 9.47 Å². The molecule has 1 fully saturated rings. The molecular weight excluding hydrogens is 454 g/mol. The highest BCUT2D eigenvalue weighted by Crippen LogP contribution is 2.24. The minimum absolute atomic E-state index is 0.0506. The summed E-state index contributed by atoms with van der Waals surface area (Å²) in [6.45, 7) is 5.94. The summed E-state index contributed by atoms with van der Waals surface area (Å²) >= 11 is 7.65. The lowest BCUT2D eigenvalue weighted by molar-refractivity contribution is 0.0697. The normalized spacial score (nSPS) is 15.4. The molecule has 1 saturated heterocycles. The topological polar surface area (TPSA) is 62.6 Å². The van der Waals surface area contributed by atoms with Gasteiger partial charge in [-0.1, -0.05) is 23.7 Å². The Kier molecular flexibility index (Phi) is 6.25. The quantitative estimate of drug-likeness (QED) is 0.557. The molecule has 164 valence electrons. The van der Waals surface area contributed by atoms with Gasteiger partial charge in [-0.3, -0.25) is 4.79 Å². The molecule has 1 amide bonds. The van der Waals surface area contributed by atoms with Gasteiger partial charge in [0.05, 0.1) is 17.0 Å². The van der Waals surface area contributed by atoms with E-state index in [-0.39, 0.29) is 23.9 Å². The first-order valence-electron chi connectivity index (χ1n) is 10.0. The first-order valence-corrected chi connectivity index (χ1v) is 12.7. The van der Waals surface area contributed by atoms with Crippen LogP contribution in [-0.4, -0.2) is 54.3 Å². The number of piperazine rings is 1. The second-order valence-electron chi connectivity index (χ2n) is 7.60. The number of carbonyl (C=O) groups excluding carboxylic acids is 1. The van der Waals surface area contributed by atoms with Gasteiger partial charge in [0.1, 0.15) is 0 Å². The fourth-order valence-electron chi connectivity index (χ4n) is 3.90. The van der Waals surface area contributed by atoms with Crippen LogP contribution in [0.5, 0.6) is 0 Å². The average Bonchev–Trinajstić information content (AvgIpc) is 3.37. The van der Waals surface area contributed by atoms with Crippen LogP contribution in [0.25, 0.3) is 0 Å². The molecule has 0 aliphatic carbocycles.